The first kappa shape index (κ1) is 19.6. The second-order valence-electron chi connectivity index (χ2n) is 6.72. The fourth-order valence-corrected chi connectivity index (χ4v) is 6.24. The van der Waals surface area contributed by atoms with Crippen LogP contribution in [0.1, 0.15) is 11.1 Å². The largest absolute Gasteiger partial charge is 0.497 e. The molecule has 4 nitrogen and oxygen atoms in total. The number of fused-ring (bicyclic) bond motifs is 1. The Morgan fingerprint density at radius 1 is 0.966 bits per heavy atom. The van der Waals surface area contributed by atoms with E-state index in [1.54, 1.807) is 19.2 Å². The van der Waals surface area contributed by atoms with E-state index in [-0.39, 0.29) is 5.37 Å². The SMILES string of the molecule is COc1ccc(/C=C/C2Sc3ccccc3N2S(=O)(=O)c2ccc(C)cc2)cc1. The lowest BCUT2D eigenvalue weighted by molar-refractivity contribution is 0.415. The summed E-state index contributed by atoms with van der Waals surface area (Å²) in [6, 6.07) is 22.3. The molecule has 0 amide bonds. The van der Waals surface area contributed by atoms with E-state index >= 15 is 0 Å². The number of hydrogen-bond acceptors (Lipinski definition) is 4. The lowest BCUT2D eigenvalue weighted by Crippen LogP contribution is -2.34. The summed E-state index contributed by atoms with van der Waals surface area (Å²) in [5, 5.41) is -0.360. The molecule has 29 heavy (non-hydrogen) atoms. The van der Waals surface area contributed by atoms with E-state index in [2.05, 4.69) is 0 Å². The van der Waals surface area contributed by atoms with Crippen molar-refractivity contribution in [2.75, 3.05) is 11.4 Å². The number of ether oxygens (including phenoxy) is 1. The quantitative estimate of drug-likeness (QED) is 0.555. The van der Waals surface area contributed by atoms with E-state index in [0.29, 0.717) is 10.6 Å². The van der Waals surface area contributed by atoms with E-state index in [9.17, 15) is 8.42 Å². The van der Waals surface area contributed by atoms with Gasteiger partial charge in [-0.2, -0.15) is 0 Å². The first-order chi connectivity index (χ1) is 14.0. The lowest BCUT2D eigenvalue weighted by atomic mass is 10.2. The second-order valence-corrected chi connectivity index (χ2v) is 9.70. The number of nitrogens with zero attached hydrogens (tertiary/aromatic N) is 1. The van der Waals surface area contributed by atoms with Crippen LogP contribution >= 0.6 is 11.8 Å². The predicted octanol–water partition coefficient (Wildman–Crippen LogP) is 5.34. The Hall–Kier alpha value is -2.70. The third-order valence-corrected chi connectivity index (χ3v) is 7.88. The number of rotatable bonds is 5. The molecule has 0 N–H and O–H groups in total. The molecule has 0 fully saturated rings. The minimum Gasteiger partial charge on any atom is -0.497 e. The van der Waals surface area contributed by atoms with Crippen molar-refractivity contribution in [3.05, 3.63) is 90.0 Å². The summed E-state index contributed by atoms with van der Waals surface area (Å²) in [6.45, 7) is 1.94. The van der Waals surface area contributed by atoms with Gasteiger partial charge in [0.15, 0.2) is 0 Å². The van der Waals surface area contributed by atoms with Crippen LogP contribution in [-0.2, 0) is 10.0 Å². The normalized spacial score (nSPS) is 16.2. The van der Waals surface area contributed by atoms with E-state index < -0.39 is 10.0 Å². The molecule has 4 rings (SSSR count). The summed E-state index contributed by atoms with van der Waals surface area (Å²) in [5.74, 6) is 0.786. The number of aryl methyl sites for hydroxylation is 1. The zero-order valence-corrected chi connectivity index (χ0v) is 17.8. The molecule has 3 aromatic rings. The Morgan fingerprint density at radius 2 is 1.66 bits per heavy atom. The number of hydrogen-bond donors (Lipinski definition) is 0. The summed E-state index contributed by atoms with van der Waals surface area (Å²) in [5.41, 5.74) is 2.72. The van der Waals surface area contributed by atoms with Gasteiger partial charge >= 0.3 is 0 Å². The molecule has 1 aliphatic rings. The highest BCUT2D eigenvalue weighted by Crippen LogP contribution is 2.46. The van der Waals surface area contributed by atoms with E-state index in [1.165, 1.54) is 16.1 Å². The highest BCUT2D eigenvalue weighted by atomic mass is 32.2. The molecular weight excluding hydrogens is 402 g/mol. The standard InChI is InChI=1S/C23H21NO3S2/c1-17-7-14-20(15-8-17)29(25,26)24-21-5-3-4-6-22(21)28-23(24)16-11-18-9-12-19(27-2)13-10-18/h3-16,23H,1-2H3/b16-11+. The zero-order valence-electron chi connectivity index (χ0n) is 16.1. The Balaban J connectivity index is 1.71. The Morgan fingerprint density at radius 3 is 2.34 bits per heavy atom. The predicted molar refractivity (Wildman–Crippen MR) is 119 cm³/mol. The van der Waals surface area contributed by atoms with Crippen molar-refractivity contribution < 1.29 is 13.2 Å². The second kappa shape index (κ2) is 7.97. The van der Waals surface area contributed by atoms with Crippen molar-refractivity contribution in [3.63, 3.8) is 0 Å². The molecule has 0 bridgehead atoms. The van der Waals surface area contributed by atoms with Crippen LogP contribution in [0.25, 0.3) is 6.08 Å². The fourth-order valence-electron chi connectivity index (χ4n) is 3.17. The van der Waals surface area contributed by atoms with E-state index in [4.69, 9.17) is 4.74 Å². The van der Waals surface area contributed by atoms with Gasteiger partial charge in [0, 0.05) is 4.90 Å². The minimum atomic E-state index is -3.69. The summed E-state index contributed by atoms with van der Waals surface area (Å²) in [6.07, 6.45) is 3.87. The van der Waals surface area contributed by atoms with Crippen LogP contribution < -0.4 is 9.04 Å². The molecule has 148 valence electrons. The molecule has 1 aliphatic heterocycles. The molecular formula is C23H21NO3S2. The Labute approximate surface area is 175 Å². The third-order valence-electron chi connectivity index (χ3n) is 4.73. The lowest BCUT2D eigenvalue weighted by Gasteiger charge is -2.24. The summed E-state index contributed by atoms with van der Waals surface area (Å²) in [7, 11) is -2.06. The van der Waals surface area contributed by atoms with Gasteiger partial charge in [-0.1, -0.05) is 59.8 Å². The van der Waals surface area contributed by atoms with Crippen LogP contribution in [-0.4, -0.2) is 20.9 Å². The number of thioether (sulfide) groups is 1. The minimum absolute atomic E-state index is 0.295. The van der Waals surface area contributed by atoms with Gasteiger partial charge in [-0.05, 0) is 55.0 Å². The van der Waals surface area contributed by atoms with Crippen LogP contribution in [0.2, 0.25) is 0 Å². The zero-order chi connectivity index (χ0) is 20.4. The summed E-state index contributed by atoms with van der Waals surface area (Å²) >= 11 is 1.53. The molecule has 1 heterocycles. The molecule has 0 aliphatic carbocycles. The Kier molecular flexibility index (Phi) is 5.39. The molecule has 0 spiro atoms. The van der Waals surface area contributed by atoms with Crippen molar-refractivity contribution >= 4 is 33.5 Å². The number of anilines is 1. The van der Waals surface area contributed by atoms with Crippen LogP contribution in [0.3, 0.4) is 0 Å². The monoisotopic (exact) mass is 423 g/mol. The van der Waals surface area contributed by atoms with Crippen LogP contribution in [0.5, 0.6) is 5.75 Å². The summed E-state index contributed by atoms with van der Waals surface area (Å²) in [4.78, 5) is 1.25. The highest BCUT2D eigenvalue weighted by molar-refractivity contribution is 8.03. The number of sulfonamides is 1. The molecule has 1 atom stereocenters. The topological polar surface area (TPSA) is 46.6 Å². The van der Waals surface area contributed by atoms with Gasteiger partial charge in [-0.25, -0.2) is 12.7 Å². The van der Waals surface area contributed by atoms with Crippen LogP contribution in [0, 0.1) is 6.92 Å². The average molecular weight is 424 g/mol. The van der Waals surface area contributed by atoms with Crippen molar-refractivity contribution in [1.29, 1.82) is 0 Å². The maximum atomic E-state index is 13.5. The van der Waals surface area contributed by atoms with Crippen molar-refractivity contribution in [2.45, 2.75) is 22.1 Å². The van der Waals surface area contributed by atoms with E-state index in [1.807, 2.05) is 79.7 Å². The van der Waals surface area contributed by atoms with Gasteiger partial charge in [0.25, 0.3) is 10.0 Å². The smallest absolute Gasteiger partial charge is 0.265 e. The van der Waals surface area contributed by atoms with Gasteiger partial charge in [0.1, 0.15) is 11.1 Å². The number of methoxy groups -OCH3 is 1. The Bertz CT molecular complexity index is 1140. The molecule has 6 heteroatoms. The first-order valence-corrected chi connectivity index (χ1v) is 11.5. The van der Waals surface area contributed by atoms with Gasteiger partial charge < -0.3 is 4.74 Å². The molecule has 3 aromatic carbocycles. The highest BCUT2D eigenvalue weighted by Gasteiger charge is 2.37. The van der Waals surface area contributed by atoms with Crippen LogP contribution in [0.15, 0.2) is 88.7 Å². The van der Waals surface area contributed by atoms with Gasteiger partial charge in [0.05, 0.1) is 17.7 Å². The number of para-hydroxylation sites is 1. The third kappa shape index (κ3) is 3.91. The van der Waals surface area contributed by atoms with Crippen molar-refractivity contribution in [2.24, 2.45) is 0 Å². The van der Waals surface area contributed by atoms with E-state index in [0.717, 1.165) is 21.8 Å². The van der Waals surface area contributed by atoms with Gasteiger partial charge in [-0.15, -0.1) is 0 Å². The average Bonchev–Trinajstić information content (AvgIpc) is 3.12. The van der Waals surface area contributed by atoms with Crippen molar-refractivity contribution in [1.82, 2.24) is 0 Å². The molecule has 0 aromatic heterocycles. The molecule has 1 unspecified atom stereocenters. The maximum absolute atomic E-state index is 13.5. The van der Waals surface area contributed by atoms with Gasteiger partial charge in [0.2, 0.25) is 0 Å². The maximum Gasteiger partial charge on any atom is 0.265 e. The summed E-state index contributed by atoms with van der Waals surface area (Å²) < 4.78 is 33.7. The molecule has 0 radical (unpaired) electrons. The van der Waals surface area contributed by atoms with Crippen LogP contribution in [0.4, 0.5) is 5.69 Å². The van der Waals surface area contributed by atoms with Gasteiger partial charge in [-0.3, -0.25) is 0 Å². The number of benzene rings is 3. The fraction of sp³-hybridized carbons (Fsp3) is 0.130. The molecule has 0 saturated carbocycles. The van der Waals surface area contributed by atoms with Crippen molar-refractivity contribution in [3.8, 4) is 5.75 Å². The molecule has 0 saturated heterocycles. The first-order valence-electron chi connectivity index (χ1n) is 9.18.